The Balaban J connectivity index is 1.09. The van der Waals surface area contributed by atoms with Gasteiger partial charge in [-0.25, -0.2) is 4.98 Å². The molecule has 0 bridgehead atoms. The number of benzene rings is 8. The van der Waals surface area contributed by atoms with Crippen molar-refractivity contribution in [3.63, 3.8) is 0 Å². The van der Waals surface area contributed by atoms with Crippen LogP contribution in [0.2, 0.25) is 0 Å². The van der Waals surface area contributed by atoms with Crippen molar-refractivity contribution in [3.05, 3.63) is 247 Å². The molecule has 14 rings (SSSR count). The van der Waals surface area contributed by atoms with Crippen LogP contribution in [0.15, 0.2) is 225 Å². The molecule has 3 aromatic heterocycles. The molecular formula is C62H37N3. The third-order valence-corrected chi connectivity index (χ3v) is 14.2. The zero-order chi connectivity index (χ0) is 42.6. The molecule has 3 nitrogen and oxygen atoms in total. The molecule has 0 atom stereocenters. The monoisotopic (exact) mass is 823 g/mol. The third kappa shape index (κ3) is 5.09. The van der Waals surface area contributed by atoms with Gasteiger partial charge in [-0.1, -0.05) is 170 Å². The molecule has 0 unspecified atom stereocenters. The summed E-state index contributed by atoms with van der Waals surface area (Å²) in [6.07, 6.45) is 7.47. The van der Waals surface area contributed by atoms with Gasteiger partial charge in [-0.2, -0.15) is 0 Å². The second kappa shape index (κ2) is 13.7. The maximum atomic E-state index is 5.52. The highest BCUT2D eigenvalue weighted by Gasteiger charge is 2.53. The van der Waals surface area contributed by atoms with E-state index in [9.17, 15) is 0 Å². The largest absolute Gasteiger partial charge is 0.264 e. The highest BCUT2D eigenvalue weighted by atomic mass is 14.7. The van der Waals surface area contributed by atoms with Crippen LogP contribution in [0.4, 0.5) is 0 Å². The summed E-state index contributed by atoms with van der Waals surface area (Å²) >= 11 is 0. The first-order valence-corrected chi connectivity index (χ1v) is 22.3. The standard InChI is InChI=1S/C62H37N3/c1-4-20-52-46(15-1)47-16-2-5-21-53(47)62(52)54-22-6-3-17-49(54)61-55(62)35-51-48-18-7-11-42-12-8-19-50(58(42)48)60(51)59(61)45-33-56(40-27-23-38(24-28-40)43-13-9-31-63-36-43)65-57(34-45)41-29-25-39(26-30-41)44-14-10-32-64-37-44/h1-37H. The molecule has 8 aromatic carbocycles. The predicted octanol–water partition coefficient (Wildman–Crippen LogP) is 15.4. The van der Waals surface area contributed by atoms with Crippen LogP contribution in [0.1, 0.15) is 22.3 Å². The highest BCUT2D eigenvalue weighted by Crippen LogP contribution is 2.67. The summed E-state index contributed by atoms with van der Waals surface area (Å²) in [7, 11) is 0. The van der Waals surface area contributed by atoms with Gasteiger partial charge in [0.05, 0.1) is 16.8 Å². The molecule has 3 heterocycles. The topological polar surface area (TPSA) is 38.7 Å². The minimum absolute atomic E-state index is 0.505. The molecule has 1 spiro atoms. The molecule has 0 aliphatic heterocycles. The van der Waals surface area contributed by atoms with E-state index in [1.54, 1.807) is 0 Å². The fourth-order valence-corrected chi connectivity index (χ4v) is 11.5. The summed E-state index contributed by atoms with van der Waals surface area (Å²) < 4.78 is 0. The third-order valence-electron chi connectivity index (χ3n) is 14.2. The lowest BCUT2D eigenvalue weighted by Gasteiger charge is -2.31. The first kappa shape index (κ1) is 36.0. The Morgan fingerprint density at radius 1 is 0.292 bits per heavy atom. The van der Waals surface area contributed by atoms with E-state index in [1.165, 1.54) is 83.1 Å². The molecule has 0 fully saturated rings. The Morgan fingerprint density at radius 2 is 0.785 bits per heavy atom. The van der Waals surface area contributed by atoms with Crippen LogP contribution in [0.3, 0.4) is 0 Å². The number of pyridine rings is 3. The van der Waals surface area contributed by atoms with Gasteiger partial charge in [0, 0.05) is 35.9 Å². The van der Waals surface area contributed by atoms with Crippen LogP contribution in [0.5, 0.6) is 0 Å². The number of rotatable bonds is 5. The van der Waals surface area contributed by atoms with Crippen molar-refractivity contribution in [1.82, 2.24) is 15.0 Å². The van der Waals surface area contributed by atoms with Crippen LogP contribution in [-0.2, 0) is 5.41 Å². The molecule has 0 saturated heterocycles. The van der Waals surface area contributed by atoms with Gasteiger partial charge in [-0.15, -0.1) is 0 Å². The van der Waals surface area contributed by atoms with E-state index in [0.29, 0.717) is 0 Å². The lowest BCUT2D eigenvalue weighted by molar-refractivity contribution is 0.794. The van der Waals surface area contributed by atoms with Crippen molar-refractivity contribution in [2.24, 2.45) is 0 Å². The zero-order valence-corrected chi connectivity index (χ0v) is 35.2. The summed E-state index contributed by atoms with van der Waals surface area (Å²) in [5.41, 5.74) is 25.9. The van der Waals surface area contributed by atoms with Gasteiger partial charge >= 0.3 is 0 Å². The molecule has 11 aromatic rings. The SMILES string of the molecule is c1cncc(-c2ccc(-c3cc(-c4c5c(cc6c4-c4ccccc4C64c6ccccc6-c6ccccc64)-c4cccc6cccc-5c46)cc(-c4ccc(-c5cccnc5)cc4)n3)cc2)c1. The van der Waals surface area contributed by atoms with E-state index in [-0.39, 0.29) is 0 Å². The Labute approximate surface area is 377 Å². The molecule has 0 saturated carbocycles. The van der Waals surface area contributed by atoms with Crippen LogP contribution in [-0.4, -0.2) is 15.0 Å². The summed E-state index contributed by atoms with van der Waals surface area (Å²) in [5, 5.41) is 2.57. The Hall–Kier alpha value is -8.53. The lowest BCUT2D eigenvalue weighted by Crippen LogP contribution is -2.26. The maximum Gasteiger partial charge on any atom is 0.0725 e. The van der Waals surface area contributed by atoms with Gasteiger partial charge in [0.2, 0.25) is 0 Å². The van der Waals surface area contributed by atoms with Crippen molar-refractivity contribution in [3.8, 4) is 100 Å². The van der Waals surface area contributed by atoms with Crippen molar-refractivity contribution < 1.29 is 0 Å². The molecule has 3 aliphatic carbocycles. The van der Waals surface area contributed by atoms with E-state index in [0.717, 1.165) is 50.3 Å². The first-order valence-electron chi connectivity index (χ1n) is 22.3. The minimum Gasteiger partial charge on any atom is -0.264 e. The van der Waals surface area contributed by atoms with Gasteiger partial charge in [0.25, 0.3) is 0 Å². The van der Waals surface area contributed by atoms with Gasteiger partial charge in [-0.3, -0.25) is 9.97 Å². The number of hydrogen-bond acceptors (Lipinski definition) is 3. The maximum absolute atomic E-state index is 5.52. The zero-order valence-electron chi connectivity index (χ0n) is 35.2. The molecule has 65 heavy (non-hydrogen) atoms. The quantitative estimate of drug-likeness (QED) is 0.174. The van der Waals surface area contributed by atoms with Gasteiger partial charge < -0.3 is 0 Å². The van der Waals surface area contributed by atoms with Crippen LogP contribution < -0.4 is 0 Å². The molecular weight excluding hydrogens is 787 g/mol. The molecule has 3 aliphatic rings. The average molecular weight is 824 g/mol. The molecule has 3 heteroatoms. The van der Waals surface area contributed by atoms with Crippen LogP contribution >= 0.6 is 0 Å². The van der Waals surface area contributed by atoms with Gasteiger partial charge in [0.1, 0.15) is 0 Å². The smallest absolute Gasteiger partial charge is 0.0725 e. The fourth-order valence-electron chi connectivity index (χ4n) is 11.5. The van der Waals surface area contributed by atoms with Crippen molar-refractivity contribution in [2.75, 3.05) is 0 Å². The highest BCUT2D eigenvalue weighted by molar-refractivity contribution is 6.21. The van der Waals surface area contributed by atoms with Gasteiger partial charge in [0.15, 0.2) is 0 Å². The normalized spacial score (nSPS) is 13.0. The molecule has 0 radical (unpaired) electrons. The van der Waals surface area contributed by atoms with E-state index in [4.69, 9.17) is 4.98 Å². The van der Waals surface area contributed by atoms with E-state index >= 15 is 0 Å². The summed E-state index contributed by atoms with van der Waals surface area (Å²) in [4.78, 5) is 14.3. The number of nitrogens with zero attached hydrogens (tertiary/aromatic N) is 3. The summed E-state index contributed by atoms with van der Waals surface area (Å²) in [5.74, 6) is 0. The minimum atomic E-state index is -0.505. The van der Waals surface area contributed by atoms with E-state index < -0.39 is 5.41 Å². The lowest BCUT2D eigenvalue weighted by atomic mass is 9.69. The first-order chi connectivity index (χ1) is 32.2. The summed E-state index contributed by atoms with van der Waals surface area (Å²) in [6.45, 7) is 0. The van der Waals surface area contributed by atoms with Crippen molar-refractivity contribution >= 4 is 10.8 Å². The second-order valence-electron chi connectivity index (χ2n) is 17.5. The molecule has 0 N–H and O–H groups in total. The number of fused-ring (bicyclic) bond motifs is 13. The molecule has 0 amide bonds. The molecule has 300 valence electrons. The average Bonchev–Trinajstić information content (AvgIpc) is 3.99. The Morgan fingerprint density at radius 3 is 1.34 bits per heavy atom. The van der Waals surface area contributed by atoms with E-state index in [2.05, 4.69) is 198 Å². The predicted molar refractivity (Wildman–Crippen MR) is 265 cm³/mol. The van der Waals surface area contributed by atoms with Gasteiger partial charge in [-0.05, 0) is 141 Å². The number of aromatic nitrogens is 3. The number of hydrogen-bond donors (Lipinski definition) is 0. The van der Waals surface area contributed by atoms with E-state index in [1.807, 2.05) is 36.9 Å². The Bertz CT molecular complexity index is 3590. The fraction of sp³-hybridized carbons (Fsp3) is 0.0161. The summed E-state index contributed by atoms with van der Waals surface area (Å²) in [6, 6.07) is 74.0. The van der Waals surface area contributed by atoms with Crippen molar-refractivity contribution in [2.45, 2.75) is 5.41 Å². The Kier molecular flexibility index (Phi) is 7.61. The van der Waals surface area contributed by atoms with Crippen LogP contribution in [0, 0.1) is 0 Å². The van der Waals surface area contributed by atoms with Crippen molar-refractivity contribution in [1.29, 1.82) is 0 Å². The second-order valence-corrected chi connectivity index (χ2v) is 17.5. The van der Waals surface area contributed by atoms with Crippen LogP contribution in [0.25, 0.3) is 111 Å².